The molecular formula is C8H16F2N2O3. The molecule has 0 unspecified atom stereocenters. The largest absolute Gasteiger partial charge is 0.387 e. The molecule has 0 rings (SSSR count). The van der Waals surface area contributed by atoms with Crippen LogP contribution in [0.4, 0.5) is 8.78 Å². The summed E-state index contributed by atoms with van der Waals surface area (Å²) < 4.78 is 30.5. The highest BCUT2D eigenvalue weighted by Gasteiger charge is 2.29. The number of nitrogens with two attached hydrogens (primary N) is 1. The van der Waals surface area contributed by atoms with Crippen molar-refractivity contribution >= 4 is 5.91 Å². The van der Waals surface area contributed by atoms with Gasteiger partial charge in [0.25, 0.3) is 5.92 Å². The van der Waals surface area contributed by atoms with E-state index in [0.29, 0.717) is 13.0 Å². The smallest absolute Gasteiger partial charge is 0.287 e. The number of halogens is 2. The molecule has 0 aromatic heterocycles. The number of carbonyl (C=O) groups excluding carboxylic acids is 1. The van der Waals surface area contributed by atoms with E-state index in [-0.39, 0.29) is 6.61 Å². The molecule has 0 aromatic rings. The monoisotopic (exact) mass is 226 g/mol. The molecule has 0 aliphatic heterocycles. The van der Waals surface area contributed by atoms with Gasteiger partial charge in [-0.25, -0.2) is 8.78 Å². The van der Waals surface area contributed by atoms with E-state index in [4.69, 9.17) is 10.8 Å². The van der Waals surface area contributed by atoms with E-state index in [9.17, 15) is 13.6 Å². The van der Waals surface area contributed by atoms with Crippen molar-refractivity contribution in [2.75, 3.05) is 32.9 Å². The van der Waals surface area contributed by atoms with E-state index < -0.39 is 31.6 Å². The Morgan fingerprint density at radius 2 is 2.20 bits per heavy atom. The molecule has 0 aliphatic carbocycles. The molecule has 0 saturated carbocycles. The van der Waals surface area contributed by atoms with E-state index in [1.165, 1.54) is 0 Å². The maximum Gasteiger partial charge on any atom is 0.287 e. The lowest BCUT2D eigenvalue weighted by atomic mass is 10.3. The van der Waals surface area contributed by atoms with Gasteiger partial charge in [0.05, 0.1) is 6.54 Å². The zero-order valence-electron chi connectivity index (χ0n) is 8.34. The number of amides is 1. The summed E-state index contributed by atoms with van der Waals surface area (Å²) in [5.41, 5.74) is 5.14. The Hall–Kier alpha value is -0.790. The number of nitrogens with one attached hydrogen (secondary N) is 1. The Morgan fingerprint density at radius 3 is 2.73 bits per heavy atom. The predicted molar refractivity (Wildman–Crippen MR) is 49.5 cm³/mol. The van der Waals surface area contributed by atoms with E-state index in [1.54, 1.807) is 0 Å². The summed E-state index contributed by atoms with van der Waals surface area (Å²) in [6.45, 7) is -1.86. The molecule has 0 fully saturated rings. The summed E-state index contributed by atoms with van der Waals surface area (Å²) >= 11 is 0. The first-order valence-corrected chi connectivity index (χ1v) is 4.55. The number of hydrogen-bond acceptors (Lipinski definition) is 4. The summed E-state index contributed by atoms with van der Waals surface area (Å²) in [4.78, 5) is 10.5. The minimum atomic E-state index is -3.13. The lowest BCUT2D eigenvalue weighted by molar-refractivity contribution is -0.127. The van der Waals surface area contributed by atoms with Crippen LogP contribution in [-0.2, 0) is 9.53 Å². The summed E-state index contributed by atoms with van der Waals surface area (Å²) in [5, 5.41) is 10.1. The molecule has 0 radical (unpaired) electrons. The zero-order chi connectivity index (χ0) is 11.7. The first-order valence-electron chi connectivity index (χ1n) is 4.55. The van der Waals surface area contributed by atoms with Crippen molar-refractivity contribution in [3.63, 3.8) is 0 Å². The Labute approximate surface area is 86.6 Å². The quantitative estimate of drug-likeness (QED) is 0.468. The molecule has 0 aromatic carbocycles. The number of aliphatic hydroxyl groups is 1. The molecule has 90 valence electrons. The van der Waals surface area contributed by atoms with Crippen molar-refractivity contribution < 1.29 is 23.4 Å². The zero-order valence-corrected chi connectivity index (χ0v) is 8.34. The highest BCUT2D eigenvalue weighted by Crippen LogP contribution is 2.12. The van der Waals surface area contributed by atoms with Gasteiger partial charge in [-0.05, 0) is 13.0 Å². The van der Waals surface area contributed by atoms with Crippen LogP contribution in [0.5, 0.6) is 0 Å². The van der Waals surface area contributed by atoms with Gasteiger partial charge in [0.2, 0.25) is 5.91 Å². The van der Waals surface area contributed by atoms with Gasteiger partial charge in [-0.15, -0.1) is 0 Å². The van der Waals surface area contributed by atoms with Crippen molar-refractivity contribution in [2.24, 2.45) is 5.73 Å². The van der Waals surface area contributed by atoms with Gasteiger partial charge >= 0.3 is 0 Å². The van der Waals surface area contributed by atoms with Crippen molar-refractivity contribution in [1.29, 1.82) is 0 Å². The van der Waals surface area contributed by atoms with Crippen LogP contribution in [0, 0.1) is 0 Å². The van der Waals surface area contributed by atoms with Crippen LogP contribution in [0.2, 0.25) is 0 Å². The maximum atomic E-state index is 12.9. The second kappa shape index (κ2) is 7.49. The van der Waals surface area contributed by atoms with Gasteiger partial charge in [0.15, 0.2) is 0 Å². The number of rotatable bonds is 8. The number of aliphatic hydroxyl groups excluding tert-OH is 1. The van der Waals surface area contributed by atoms with Crippen LogP contribution in [0.15, 0.2) is 0 Å². The van der Waals surface area contributed by atoms with Gasteiger partial charge in [0.1, 0.15) is 13.2 Å². The first-order chi connectivity index (χ1) is 7.02. The molecule has 5 nitrogen and oxygen atoms in total. The van der Waals surface area contributed by atoms with E-state index in [0.717, 1.165) is 0 Å². The Bertz CT molecular complexity index is 191. The highest BCUT2D eigenvalue weighted by molar-refractivity contribution is 5.76. The number of carbonyl (C=O) groups is 1. The van der Waals surface area contributed by atoms with E-state index in [2.05, 4.69) is 4.74 Å². The summed E-state index contributed by atoms with van der Waals surface area (Å²) in [6, 6.07) is 0. The maximum absolute atomic E-state index is 12.9. The third kappa shape index (κ3) is 8.22. The minimum absolute atomic E-state index is 0.167. The standard InChI is InChI=1S/C8H16F2N2O3/c9-8(10,5-12-7(14)4-13)6-15-3-1-2-11/h13H,1-6,11H2,(H,12,14). The van der Waals surface area contributed by atoms with Crippen LogP contribution in [0.1, 0.15) is 6.42 Å². The van der Waals surface area contributed by atoms with Gasteiger partial charge in [-0.3, -0.25) is 4.79 Å². The van der Waals surface area contributed by atoms with Crippen molar-refractivity contribution in [1.82, 2.24) is 5.32 Å². The molecule has 7 heteroatoms. The second-order valence-electron chi connectivity index (χ2n) is 2.99. The number of ether oxygens (including phenoxy) is 1. The molecular weight excluding hydrogens is 210 g/mol. The first kappa shape index (κ1) is 14.2. The van der Waals surface area contributed by atoms with Crippen LogP contribution in [0.25, 0.3) is 0 Å². The average Bonchev–Trinajstić information content (AvgIpc) is 2.21. The summed E-state index contributed by atoms with van der Waals surface area (Å²) in [7, 11) is 0. The van der Waals surface area contributed by atoms with Crippen LogP contribution in [-0.4, -0.2) is 49.8 Å². The summed E-state index contributed by atoms with van der Waals surface area (Å²) in [5.74, 6) is -3.96. The lowest BCUT2D eigenvalue weighted by Crippen LogP contribution is -2.40. The normalized spacial score (nSPS) is 11.5. The van der Waals surface area contributed by atoms with E-state index >= 15 is 0 Å². The van der Waals surface area contributed by atoms with Crippen LogP contribution < -0.4 is 11.1 Å². The fraction of sp³-hybridized carbons (Fsp3) is 0.875. The third-order valence-corrected chi connectivity index (χ3v) is 1.49. The SMILES string of the molecule is NCCCOCC(F)(F)CNC(=O)CO. The fourth-order valence-corrected chi connectivity index (χ4v) is 0.742. The molecule has 0 spiro atoms. The highest BCUT2D eigenvalue weighted by atomic mass is 19.3. The topological polar surface area (TPSA) is 84.6 Å². The number of alkyl halides is 2. The van der Waals surface area contributed by atoms with Crippen molar-refractivity contribution in [3.8, 4) is 0 Å². The molecule has 0 atom stereocenters. The van der Waals surface area contributed by atoms with Crippen LogP contribution >= 0.6 is 0 Å². The molecule has 0 bridgehead atoms. The number of hydrogen-bond donors (Lipinski definition) is 3. The fourth-order valence-electron chi connectivity index (χ4n) is 0.742. The molecule has 0 heterocycles. The molecule has 0 aliphatic rings. The van der Waals surface area contributed by atoms with E-state index in [1.807, 2.05) is 5.32 Å². The van der Waals surface area contributed by atoms with Crippen molar-refractivity contribution in [3.05, 3.63) is 0 Å². The average molecular weight is 226 g/mol. The Balaban J connectivity index is 3.61. The lowest BCUT2D eigenvalue weighted by Gasteiger charge is -2.16. The third-order valence-electron chi connectivity index (χ3n) is 1.49. The summed E-state index contributed by atoms with van der Waals surface area (Å²) in [6.07, 6.45) is 0.513. The van der Waals surface area contributed by atoms with Gasteiger partial charge in [-0.1, -0.05) is 0 Å². The van der Waals surface area contributed by atoms with Crippen LogP contribution in [0.3, 0.4) is 0 Å². The van der Waals surface area contributed by atoms with Gasteiger partial charge < -0.3 is 20.9 Å². The molecule has 0 saturated heterocycles. The van der Waals surface area contributed by atoms with Gasteiger partial charge in [0, 0.05) is 6.61 Å². The molecule has 15 heavy (non-hydrogen) atoms. The minimum Gasteiger partial charge on any atom is -0.387 e. The molecule has 4 N–H and O–H groups in total. The van der Waals surface area contributed by atoms with Gasteiger partial charge in [-0.2, -0.15) is 0 Å². The molecule has 1 amide bonds. The predicted octanol–water partition coefficient (Wildman–Crippen LogP) is -0.904. The second-order valence-corrected chi connectivity index (χ2v) is 2.99. The van der Waals surface area contributed by atoms with Crippen molar-refractivity contribution in [2.45, 2.75) is 12.3 Å². The Morgan fingerprint density at radius 1 is 1.53 bits per heavy atom. The Kier molecular flexibility index (Phi) is 7.10.